The van der Waals surface area contributed by atoms with Crippen LogP contribution in [0.2, 0.25) is 0 Å². The van der Waals surface area contributed by atoms with Gasteiger partial charge in [0.25, 0.3) is 0 Å². The molecule has 1 atom stereocenters. The zero-order chi connectivity index (χ0) is 16.4. The minimum absolute atomic E-state index is 0.218. The van der Waals surface area contributed by atoms with Crippen molar-refractivity contribution in [3.05, 3.63) is 48.0 Å². The van der Waals surface area contributed by atoms with Gasteiger partial charge < -0.3 is 14.5 Å². The van der Waals surface area contributed by atoms with Crippen LogP contribution >= 0.6 is 0 Å². The third-order valence-electron chi connectivity index (χ3n) is 4.71. The van der Waals surface area contributed by atoms with Gasteiger partial charge in [0.1, 0.15) is 29.9 Å². The molecule has 126 valence electrons. The third kappa shape index (κ3) is 3.06. The van der Waals surface area contributed by atoms with E-state index in [9.17, 15) is 4.39 Å². The summed E-state index contributed by atoms with van der Waals surface area (Å²) in [6.07, 6.45) is 3.78. The molecule has 0 saturated carbocycles. The summed E-state index contributed by atoms with van der Waals surface area (Å²) in [5, 5.41) is 0. The second-order valence-corrected chi connectivity index (χ2v) is 6.26. The lowest BCUT2D eigenvalue weighted by molar-refractivity contribution is 0.0372. The first-order valence-corrected chi connectivity index (χ1v) is 8.49. The maximum absolute atomic E-state index is 14.0. The summed E-state index contributed by atoms with van der Waals surface area (Å²) in [4.78, 5) is 13.3. The van der Waals surface area contributed by atoms with Crippen molar-refractivity contribution in [3.8, 4) is 0 Å². The van der Waals surface area contributed by atoms with E-state index in [0.717, 1.165) is 31.3 Å². The van der Waals surface area contributed by atoms with Gasteiger partial charge in [-0.1, -0.05) is 18.2 Å². The molecule has 4 rings (SSSR count). The molecule has 6 heteroatoms. The van der Waals surface area contributed by atoms with E-state index in [-0.39, 0.29) is 11.9 Å². The van der Waals surface area contributed by atoms with Crippen molar-refractivity contribution >= 4 is 11.6 Å². The molecule has 0 aliphatic carbocycles. The van der Waals surface area contributed by atoms with Gasteiger partial charge in [0.15, 0.2) is 0 Å². The molecule has 0 amide bonds. The lowest BCUT2D eigenvalue weighted by atomic mass is 10.1. The smallest absolute Gasteiger partial charge is 0.134 e. The highest BCUT2D eigenvalue weighted by molar-refractivity contribution is 5.51. The topological polar surface area (TPSA) is 41.5 Å². The Kier molecular flexibility index (Phi) is 4.30. The lowest BCUT2D eigenvalue weighted by Crippen LogP contribution is -2.39. The summed E-state index contributed by atoms with van der Waals surface area (Å²) < 4.78 is 19.8. The highest BCUT2D eigenvalue weighted by Crippen LogP contribution is 2.28. The normalized spacial score (nSPS) is 21.3. The van der Waals surface area contributed by atoms with E-state index in [1.807, 2.05) is 12.1 Å². The molecule has 1 unspecified atom stereocenters. The fraction of sp³-hybridized carbons (Fsp3) is 0.444. The molecular weight excluding hydrogens is 307 g/mol. The fourth-order valence-corrected chi connectivity index (χ4v) is 3.41. The molecule has 0 spiro atoms. The van der Waals surface area contributed by atoms with E-state index in [1.54, 1.807) is 18.5 Å². The summed E-state index contributed by atoms with van der Waals surface area (Å²) in [6, 6.07) is 8.85. The van der Waals surface area contributed by atoms with Gasteiger partial charge in [-0.3, -0.25) is 0 Å². The van der Waals surface area contributed by atoms with Crippen LogP contribution in [0, 0.1) is 5.82 Å². The Morgan fingerprint density at radius 1 is 1.00 bits per heavy atom. The largest absolute Gasteiger partial charge is 0.370 e. The van der Waals surface area contributed by atoms with Crippen LogP contribution in [-0.2, 0) is 4.74 Å². The number of benzene rings is 1. The van der Waals surface area contributed by atoms with Gasteiger partial charge in [0.05, 0.1) is 6.61 Å². The minimum atomic E-state index is -0.273. The second kappa shape index (κ2) is 6.73. The Bertz CT molecular complexity index is 705. The Hall–Kier alpha value is -2.21. The van der Waals surface area contributed by atoms with Crippen molar-refractivity contribution in [2.24, 2.45) is 0 Å². The maximum Gasteiger partial charge on any atom is 0.134 e. The van der Waals surface area contributed by atoms with Crippen molar-refractivity contribution in [1.82, 2.24) is 9.97 Å². The summed E-state index contributed by atoms with van der Waals surface area (Å²) in [7, 11) is 0. The van der Waals surface area contributed by atoms with Crippen LogP contribution in [0.3, 0.4) is 0 Å². The number of nitrogens with zero attached hydrogens (tertiary/aromatic N) is 4. The van der Waals surface area contributed by atoms with Crippen LogP contribution in [0.15, 0.2) is 36.7 Å². The summed E-state index contributed by atoms with van der Waals surface area (Å²) in [5.74, 6) is 1.65. The quantitative estimate of drug-likeness (QED) is 0.867. The predicted molar refractivity (Wildman–Crippen MR) is 90.8 cm³/mol. The third-order valence-corrected chi connectivity index (χ3v) is 4.71. The van der Waals surface area contributed by atoms with Crippen molar-refractivity contribution in [3.63, 3.8) is 0 Å². The van der Waals surface area contributed by atoms with Gasteiger partial charge in [-0.25, -0.2) is 14.4 Å². The van der Waals surface area contributed by atoms with Gasteiger partial charge in [0, 0.05) is 37.8 Å². The Labute approximate surface area is 141 Å². The standard InChI is InChI=1S/C18H21FN4O/c19-15-6-2-1-5-14(15)16-12-23(9-10-24-16)18-11-17(20-13-21-18)22-7-3-4-8-22/h1-2,5-6,11,13,16H,3-4,7-10,12H2. The second-order valence-electron chi connectivity index (χ2n) is 6.26. The number of rotatable bonds is 3. The molecule has 24 heavy (non-hydrogen) atoms. The number of aromatic nitrogens is 2. The van der Waals surface area contributed by atoms with Gasteiger partial charge in [-0.2, -0.15) is 0 Å². The van der Waals surface area contributed by atoms with Crippen molar-refractivity contribution in [1.29, 1.82) is 0 Å². The van der Waals surface area contributed by atoms with Crippen LogP contribution in [0.25, 0.3) is 0 Å². The van der Waals surface area contributed by atoms with Gasteiger partial charge in [-0.05, 0) is 18.9 Å². The molecule has 2 saturated heterocycles. The van der Waals surface area contributed by atoms with Crippen LogP contribution in [0.4, 0.5) is 16.0 Å². The Balaban J connectivity index is 1.54. The van der Waals surface area contributed by atoms with E-state index in [1.165, 1.54) is 18.9 Å². The Morgan fingerprint density at radius 3 is 2.54 bits per heavy atom. The minimum Gasteiger partial charge on any atom is -0.370 e. The van der Waals surface area contributed by atoms with Crippen LogP contribution < -0.4 is 9.80 Å². The van der Waals surface area contributed by atoms with Gasteiger partial charge in [0.2, 0.25) is 0 Å². The molecule has 0 radical (unpaired) electrons. The van der Waals surface area contributed by atoms with E-state index in [2.05, 4.69) is 19.8 Å². The predicted octanol–water partition coefficient (Wildman–Crippen LogP) is 2.79. The maximum atomic E-state index is 14.0. The van der Waals surface area contributed by atoms with Crippen molar-refractivity contribution in [2.45, 2.75) is 18.9 Å². The first-order valence-electron chi connectivity index (χ1n) is 8.49. The summed E-state index contributed by atoms with van der Waals surface area (Å²) in [6.45, 7) is 4.01. The number of halogens is 1. The van der Waals surface area contributed by atoms with Crippen LogP contribution in [0.5, 0.6) is 0 Å². The first kappa shape index (κ1) is 15.3. The van der Waals surface area contributed by atoms with Gasteiger partial charge >= 0.3 is 0 Å². The van der Waals surface area contributed by atoms with E-state index in [0.29, 0.717) is 18.7 Å². The van der Waals surface area contributed by atoms with Crippen LogP contribution in [-0.4, -0.2) is 42.8 Å². The molecule has 1 aromatic heterocycles. The highest BCUT2D eigenvalue weighted by atomic mass is 19.1. The number of anilines is 2. The van der Waals surface area contributed by atoms with Crippen LogP contribution in [0.1, 0.15) is 24.5 Å². The summed E-state index contributed by atoms with van der Waals surface area (Å²) >= 11 is 0. The van der Waals surface area contributed by atoms with E-state index >= 15 is 0 Å². The molecule has 2 aromatic rings. The zero-order valence-electron chi connectivity index (χ0n) is 13.6. The molecule has 0 N–H and O–H groups in total. The first-order chi connectivity index (χ1) is 11.8. The summed E-state index contributed by atoms with van der Waals surface area (Å²) in [5.41, 5.74) is 0.607. The molecule has 3 heterocycles. The number of morpholine rings is 1. The molecular formula is C18H21FN4O. The Morgan fingerprint density at radius 2 is 1.75 bits per heavy atom. The molecule has 5 nitrogen and oxygen atoms in total. The number of ether oxygens (including phenoxy) is 1. The number of hydrogen-bond donors (Lipinski definition) is 0. The highest BCUT2D eigenvalue weighted by Gasteiger charge is 2.25. The van der Waals surface area contributed by atoms with E-state index in [4.69, 9.17) is 4.74 Å². The van der Waals surface area contributed by atoms with Crippen molar-refractivity contribution < 1.29 is 9.13 Å². The molecule has 2 aliphatic heterocycles. The molecule has 2 fully saturated rings. The van der Waals surface area contributed by atoms with E-state index < -0.39 is 0 Å². The monoisotopic (exact) mass is 328 g/mol. The van der Waals surface area contributed by atoms with Gasteiger partial charge in [-0.15, -0.1) is 0 Å². The van der Waals surface area contributed by atoms with Crippen molar-refractivity contribution in [2.75, 3.05) is 42.6 Å². The molecule has 0 bridgehead atoms. The SMILES string of the molecule is Fc1ccccc1C1CN(c2cc(N3CCCC3)ncn2)CCO1. The average molecular weight is 328 g/mol. The average Bonchev–Trinajstić information content (AvgIpc) is 3.17. The molecule has 2 aliphatic rings. The number of hydrogen-bond acceptors (Lipinski definition) is 5. The lowest BCUT2D eigenvalue weighted by Gasteiger charge is -2.34. The molecule has 1 aromatic carbocycles. The zero-order valence-corrected chi connectivity index (χ0v) is 13.6. The fourth-order valence-electron chi connectivity index (χ4n) is 3.41.